The van der Waals surface area contributed by atoms with Crippen LogP contribution in [0.5, 0.6) is 0 Å². The maximum atomic E-state index is 12.5. The van der Waals surface area contributed by atoms with Crippen LogP contribution in [-0.4, -0.2) is 40.7 Å². The van der Waals surface area contributed by atoms with Crippen molar-refractivity contribution < 1.29 is 14.4 Å². The third kappa shape index (κ3) is 3.39. The molecular weight excluding hydrogens is 296 g/mol. The van der Waals surface area contributed by atoms with E-state index in [1.54, 1.807) is 12.1 Å². The second-order valence-corrected chi connectivity index (χ2v) is 5.86. The average Bonchev–Trinajstić information content (AvgIpc) is 2.58. The van der Waals surface area contributed by atoms with E-state index in [2.05, 4.69) is 10.3 Å². The highest BCUT2D eigenvalue weighted by atomic mass is 16.5. The van der Waals surface area contributed by atoms with E-state index in [-0.39, 0.29) is 17.4 Å². The van der Waals surface area contributed by atoms with Crippen LogP contribution in [0.15, 0.2) is 29.1 Å². The van der Waals surface area contributed by atoms with Crippen molar-refractivity contribution in [2.75, 3.05) is 19.7 Å². The molecule has 2 atom stereocenters. The van der Waals surface area contributed by atoms with Crippen molar-refractivity contribution in [3.05, 3.63) is 34.6 Å². The SMILES string of the molecule is CCOC(=O)[C@H]1CCC[NH+](Cn2nnc3ccccc3c2=O)C1. The van der Waals surface area contributed by atoms with Crippen LogP contribution >= 0.6 is 0 Å². The quantitative estimate of drug-likeness (QED) is 0.777. The molecule has 1 aliphatic heterocycles. The lowest BCUT2D eigenvalue weighted by molar-refractivity contribution is -0.930. The number of fused-ring (bicyclic) bond motifs is 1. The van der Waals surface area contributed by atoms with Crippen LogP contribution in [0.2, 0.25) is 0 Å². The summed E-state index contributed by atoms with van der Waals surface area (Å²) in [5.74, 6) is -0.232. The van der Waals surface area contributed by atoms with E-state index in [0.29, 0.717) is 30.7 Å². The normalized spacial score (nSPS) is 21.3. The highest BCUT2D eigenvalue weighted by Gasteiger charge is 2.30. The van der Waals surface area contributed by atoms with Crippen molar-refractivity contribution >= 4 is 16.9 Å². The molecule has 0 spiro atoms. The molecule has 2 heterocycles. The van der Waals surface area contributed by atoms with E-state index < -0.39 is 0 Å². The molecule has 7 nitrogen and oxygen atoms in total. The molecule has 1 aromatic carbocycles. The van der Waals surface area contributed by atoms with Gasteiger partial charge >= 0.3 is 5.97 Å². The van der Waals surface area contributed by atoms with E-state index in [1.165, 1.54) is 4.68 Å². The molecule has 0 saturated carbocycles. The molecule has 1 N–H and O–H groups in total. The Morgan fingerprint density at radius 1 is 1.43 bits per heavy atom. The maximum Gasteiger partial charge on any atom is 0.314 e. The van der Waals surface area contributed by atoms with E-state index >= 15 is 0 Å². The summed E-state index contributed by atoms with van der Waals surface area (Å²) < 4.78 is 6.51. The number of rotatable bonds is 4. The molecule has 1 aromatic heterocycles. The number of carbonyl (C=O) groups is 1. The molecule has 122 valence electrons. The smallest absolute Gasteiger partial charge is 0.314 e. The van der Waals surface area contributed by atoms with Gasteiger partial charge in [0, 0.05) is 0 Å². The Morgan fingerprint density at radius 2 is 2.26 bits per heavy atom. The molecule has 23 heavy (non-hydrogen) atoms. The summed E-state index contributed by atoms with van der Waals surface area (Å²) in [4.78, 5) is 25.5. The minimum absolute atomic E-state index is 0.0946. The molecule has 0 radical (unpaired) electrons. The second-order valence-electron chi connectivity index (χ2n) is 5.86. The minimum Gasteiger partial charge on any atom is -0.466 e. The first kappa shape index (κ1) is 15.6. The average molecular weight is 317 g/mol. The number of nitrogens with zero attached hydrogens (tertiary/aromatic N) is 3. The highest BCUT2D eigenvalue weighted by Crippen LogP contribution is 2.09. The van der Waals surface area contributed by atoms with Gasteiger partial charge in [0.15, 0.2) is 6.67 Å². The van der Waals surface area contributed by atoms with Gasteiger partial charge in [-0.3, -0.25) is 9.59 Å². The predicted molar refractivity (Wildman–Crippen MR) is 83.9 cm³/mol. The van der Waals surface area contributed by atoms with Crippen LogP contribution in [0.25, 0.3) is 10.9 Å². The number of hydrogen-bond donors (Lipinski definition) is 1. The van der Waals surface area contributed by atoms with Gasteiger partial charge in [0.2, 0.25) is 0 Å². The Morgan fingerprint density at radius 3 is 3.09 bits per heavy atom. The van der Waals surface area contributed by atoms with E-state index in [4.69, 9.17) is 4.74 Å². The van der Waals surface area contributed by atoms with Gasteiger partial charge < -0.3 is 9.64 Å². The fourth-order valence-corrected chi connectivity index (χ4v) is 3.09. The van der Waals surface area contributed by atoms with Crippen LogP contribution in [0.1, 0.15) is 19.8 Å². The number of benzene rings is 1. The van der Waals surface area contributed by atoms with Crippen LogP contribution < -0.4 is 10.5 Å². The number of quaternary nitrogens is 1. The molecule has 1 unspecified atom stereocenters. The van der Waals surface area contributed by atoms with Crippen LogP contribution in [-0.2, 0) is 16.2 Å². The van der Waals surface area contributed by atoms with Crippen molar-refractivity contribution in [3.63, 3.8) is 0 Å². The van der Waals surface area contributed by atoms with Crippen LogP contribution in [0.4, 0.5) is 0 Å². The zero-order chi connectivity index (χ0) is 16.2. The molecule has 1 saturated heterocycles. The first-order chi connectivity index (χ1) is 11.2. The number of esters is 1. The molecule has 0 aliphatic carbocycles. The third-order valence-corrected chi connectivity index (χ3v) is 4.24. The van der Waals surface area contributed by atoms with Gasteiger partial charge in [0.25, 0.3) is 5.56 Å². The monoisotopic (exact) mass is 317 g/mol. The van der Waals surface area contributed by atoms with Gasteiger partial charge in [-0.15, -0.1) is 5.10 Å². The zero-order valence-electron chi connectivity index (χ0n) is 13.2. The lowest BCUT2D eigenvalue weighted by Gasteiger charge is -2.28. The van der Waals surface area contributed by atoms with Gasteiger partial charge in [0.05, 0.1) is 25.1 Å². The van der Waals surface area contributed by atoms with Crippen molar-refractivity contribution in [2.24, 2.45) is 5.92 Å². The topological polar surface area (TPSA) is 78.5 Å². The molecule has 3 rings (SSSR count). The summed E-state index contributed by atoms with van der Waals surface area (Å²) in [5, 5.41) is 8.69. The fraction of sp³-hybridized carbons (Fsp3) is 0.500. The van der Waals surface area contributed by atoms with Crippen molar-refractivity contribution in [2.45, 2.75) is 26.4 Å². The molecule has 1 fully saturated rings. The van der Waals surface area contributed by atoms with Crippen molar-refractivity contribution in [3.8, 4) is 0 Å². The van der Waals surface area contributed by atoms with Crippen LogP contribution in [0, 0.1) is 5.92 Å². The number of aromatic nitrogens is 3. The summed E-state index contributed by atoms with van der Waals surface area (Å²) in [7, 11) is 0. The Bertz CT molecular complexity index is 758. The van der Waals surface area contributed by atoms with Gasteiger partial charge in [-0.1, -0.05) is 17.3 Å². The number of nitrogens with one attached hydrogen (secondary N) is 1. The largest absolute Gasteiger partial charge is 0.466 e. The summed E-state index contributed by atoms with van der Waals surface area (Å²) in [6.45, 7) is 4.22. The number of ether oxygens (including phenoxy) is 1. The third-order valence-electron chi connectivity index (χ3n) is 4.24. The molecule has 0 amide bonds. The van der Waals surface area contributed by atoms with Crippen LogP contribution in [0.3, 0.4) is 0 Å². The lowest BCUT2D eigenvalue weighted by atomic mass is 9.99. The fourth-order valence-electron chi connectivity index (χ4n) is 3.09. The van der Waals surface area contributed by atoms with Gasteiger partial charge in [-0.05, 0) is 31.9 Å². The lowest BCUT2D eigenvalue weighted by Crippen LogP contribution is -3.13. The maximum absolute atomic E-state index is 12.5. The van der Waals surface area contributed by atoms with E-state index in [1.807, 2.05) is 19.1 Å². The van der Waals surface area contributed by atoms with E-state index in [9.17, 15) is 9.59 Å². The molecule has 7 heteroatoms. The Hall–Kier alpha value is -2.28. The van der Waals surface area contributed by atoms with E-state index in [0.717, 1.165) is 24.3 Å². The predicted octanol–water partition coefficient (Wildman–Crippen LogP) is -0.393. The standard InChI is InChI=1S/C16H20N4O3/c1-2-23-16(22)12-6-5-9-19(10-12)11-20-15(21)13-7-3-4-8-14(13)17-18-20/h3-4,7-8,12H,2,5-6,9-11H2,1H3/p+1/t12-/m0/s1. The first-order valence-corrected chi connectivity index (χ1v) is 8.01. The summed E-state index contributed by atoms with van der Waals surface area (Å²) in [5.41, 5.74) is 0.466. The zero-order valence-corrected chi connectivity index (χ0v) is 13.2. The first-order valence-electron chi connectivity index (χ1n) is 8.01. The molecule has 0 bridgehead atoms. The minimum atomic E-state index is -0.138. The highest BCUT2D eigenvalue weighted by molar-refractivity contribution is 5.76. The summed E-state index contributed by atoms with van der Waals surface area (Å²) >= 11 is 0. The number of hydrogen-bond acceptors (Lipinski definition) is 5. The summed E-state index contributed by atoms with van der Waals surface area (Å²) in [6, 6.07) is 7.19. The summed E-state index contributed by atoms with van der Waals surface area (Å²) in [6.07, 6.45) is 1.79. The molecule has 2 aromatic rings. The number of piperidine rings is 1. The van der Waals surface area contributed by atoms with Gasteiger partial charge in [-0.2, -0.15) is 4.68 Å². The Kier molecular flexibility index (Phi) is 4.66. The Labute approximate surface area is 133 Å². The van der Waals surface area contributed by atoms with Crippen molar-refractivity contribution in [1.29, 1.82) is 0 Å². The van der Waals surface area contributed by atoms with Crippen molar-refractivity contribution in [1.82, 2.24) is 15.0 Å². The molecular formula is C16H21N4O3+. The molecule has 1 aliphatic rings. The Balaban J connectivity index is 1.75. The number of carbonyl (C=O) groups excluding carboxylic acids is 1. The second kappa shape index (κ2) is 6.87. The van der Waals surface area contributed by atoms with Gasteiger partial charge in [0.1, 0.15) is 11.4 Å². The number of likely N-dealkylation sites (tertiary alicyclic amines) is 1. The van der Waals surface area contributed by atoms with Gasteiger partial charge in [-0.25, -0.2) is 0 Å².